The van der Waals surface area contributed by atoms with Crippen molar-refractivity contribution in [3.05, 3.63) is 58.6 Å². The van der Waals surface area contributed by atoms with E-state index in [1.807, 2.05) is 24.3 Å². The Morgan fingerprint density at radius 2 is 1.93 bits per heavy atom. The van der Waals surface area contributed by atoms with Crippen LogP contribution in [0, 0.1) is 6.92 Å². The number of benzene rings is 2. The van der Waals surface area contributed by atoms with Gasteiger partial charge in [-0.15, -0.1) is 11.3 Å². The number of aryl methyl sites for hydroxylation is 1. The second kappa shape index (κ2) is 7.75. The maximum atomic E-state index is 12.6. The molecule has 27 heavy (non-hydrogen) atoms. The first-order valence-electron chi connectivity index (χ1n) is 8.52. The van der Waals surface area contributed by atoms with Crippen molar-refractivity contribution in [1.29, 1.82) is 0 Å². The number of carbonyl (C=O) groups is 1. The van der Waals surface area contributed by atoms with Gasteiger partial charge in [-0.25, -0.2) is 18.1 Å². The van der Waals surface area contributed by atoms with Crippen molar-refractivity contribution in [2.45, 2.75) is 38.3 Å². The molecule has 8 heteroatoms. The third-order valence-corrected chi connectivity index (χ3v) is 6.59. The van der Waals surface area contributed by atoms with Crippen LogP contribution in [0.25, 0.3) is 10.2 Å². The molecule has 1 aromatic heterocycles. The summed E-state index contributed by atoms with van der Waals surface area (Å²) in [6, 6.07) is 12.1. The largest absolute Gasteiger partial charge is 0.346 e. The predicted molar refractivity (Wildman–Crippen MR) is 107 cm³/mol. The second-order valence-electron chi connectivity index (χ2n) is 6.51. The summed E-state index contributed by atoms with van der Waals surface area (Å²) >= 11 is 1.52. The van der Waals surface area contributed by atoms with E-state index >= 15 is 0 Å². The standard InChI is InChI=1S/C19H21N3O3S2/c1-12(2)22-27(24,25)14-9-8-13(3)15(10-14)19(23)20-11-18-21-16-6-4-5-7-17(16)26-18/h4-10,12,22H,11H2,1-3H3,(H,20,23). The zero-order valence-corrected chi connectivity index (χ0v) is 16.9. The Bertz CT molecular complexity index is 1060. The van der Waals surface area contributed by atoms with Crippen LogP contribution in [0.15, 0.2) is 47.4 Å². The molecule has 2 aromatic carbocycles. The number of carbonyl (C=O) groups excluding carboxylic acids is 1. The van der Waals surface area contributed by atoms with Crippen LogP contribution in [0.3, 0.4) is 0 Å². The predicted octanol–water partition coefficient (Wildman–Crippen LogP) is 3.22. The minimum atomic E-state index is -3.66. The van der Waals surface area contributed by atoms with E-state index in [0.717, 1.165) is 15.2 Å². The molecule has 6 nitrogen and oxygen atoms in total. The van der Waals surface area contributed by atoms with E-state index in [4.69, 9.17) is 0 Å². The molecule has 2 N–H and O–H groups in total. The van der Waals surface area contributed by atoms with E-state index in [2.05, 4.69) is 15.0 Å². The number of amides is 1. The van der Waals surface area contributed by atoms with Crippen molar-refractivity contribution in [1.82, 2.24) is 15.0 Å². The summed E-state index contributed by atoms with van der Waals surface area (Å²) in [5.41, 5.74) is 1.94. The summed E-state index contributed by atoms with van der Waals surface area (Å²) in [7, 11) is -3.66. The van der Waals surface area contributed by atoms with Gasteiger partial charge in [-0.05, 0) is 50.6 Å². The number of thiazole rings is 1. The Balaban J connectivity index is 1.78. The highest BCUT2D eigenvalue weighted by atomic mass is 32.2. The number of fused-ring (bicyclic) bond motifs is 1. The van der Waals surface area contributed by atoms with Gasteiger partial charge in [-0.3, -0.25) is 4.79 Å². The third-order valence-electron chi connectivity index (χ3n) is 3.89. The molecule has 0 aliphatic heterocycles. The number of sulfonamides is 1. The molecule has 3 aromatic rings. The molecule has 0 fully saturated rings. The molecule has 0 saturated carbocycles. The molecule has 1 amide bonds. The van der Waals surface area contributed by atoms with Crippen molar-refractivity contribution in [2.75, 3.05) is 0 Å². The van der Waals surface area contributed by atoms with Gasteiger partial charge in [0.1, 0.15) is 5.01 Å². The van der Waals surface area contributed by atoms with Gasteiger partial charge in [0.25, 0.3) is 5.91 Å². The maximum Gasteiger partial charge on any atom is 0.251 e. The molecule has 0 unspecified atom stereocenters. The number of nitrogens with zero attached hydrogens (tertiary/aromatic N) is 1. The molecule has 0 radical (unpaired) electrons. The van der Waals surface area contributed by atoms with Crippen LogP contribution in [0.2, 0.25) is 0 Å². The van der Waals surface area contributed by atoms with Crippen LogP contribution in [0.5, 0.6) is 0 Å². The summed E-state index contributed by atoms with van der Waals surface area (Å²) in [5.74, 6) is -0.326. The molecule has 0 saturated heterocycles. The highest BCUT2D eigenvalue weighted by Gasteiger charge is 2.19. The fourth-order valence-electron chi connectivity index (χ4n) is 2.64. The van der Waals surface area contributed by atoms with E-state index in [9.17, 15) is 13.2 Å². The number of para-hydroxylation sites is 1. The van der Waals surface area contributed by atoms with E-state index in [1.54, 1.807) is 26.8 Å². The van der Waals surface area contributed by atoms with Gasteiger partial charge in [-0.2, -0.15) is 0 Å². The van der Waals surface area contributed by atoms with E-state index in [0.29, 0.717) is 17.7 Å². The molecule has 0 bridgehead atoms. The molecule has 142 valence electrons. The first kappa shape index (κ1) is 19.5. The first-order valence-corrected chi connectivity index (χ1v) is 10.8. The summed E-state index contributed by atoms with van der Waals surface area (Å²) in [6.45, 7) is 5.56. The van der Waals surface area contributed by atoms with Crippen molar-refractivity contribution >= 4 is 37.5 Å². The molecule has 0 aliphatic rings. The quantitative estimate of drug-likeness (QED) is 0.661. The molecule has 0 atom stereocenters. The van der Waals surface area contributed by atoms with E-state index in [1.165, 1.54) is 23.5 Å². The zero-order chi connectivity index (χ0) is 19.6. The third kappa shape index (κ3) is 4.52. The van der Waals surface area contributed by atoms with Crippen molar-refractivity contribution in [3.63, 3.8) is 0 Å². The lowest BCUT2D eigenvalue weighted by molar-refractivity contribution is 0.0950. The van der Waals surface area contributed by atoms with Gasteiger partial charge >= 0.3 is 0 Å². The topological polar surface area (TPSA) is 88.2 Å². The Labute approximate surface area is 162 Å². The zero-order valence-electron chi connectivity index (χ0n) is 15.3. The monoisotopic (exact) mass is 403 g/mol. The average Bonchev–Trinajstić information content (AvgIpc) is 3.01. The van der Waals surface area contributed by atoms with Crippen molar-refractivity contribution < 1.29 is 13.2 Å². The highest BCUT2D eigenvalue weighted by Crippen LogP contribution is 2.21. The number of hydrogen-bond acceptors (Lipinski definition) is 5. The summed E-state index contributed by atoms with van der Waals surface area (Å²) < 4.78 is 28.3. The molecule has 1 heterocycles. The van der Waals surface area contributed by atoms with Gasteiger partial charge in [0, 0.05) is 11.6 Å². The maximum absolute atomic E-state index is 12.6. The summed E-state index contributed by atoms with van der Waals surface area (Å²) in [4.78, 5) is 17.2. The van der Waals surface area contributed by atoms with Crippen LogP contribution in [0.4, 0.5) is 0 Å². The fourth-order valence-corrected chi connectivity index (χ4v) is 4.82. The van der Waals surface area contributed by atoms with Crippen LogP contribution < -0.4 is 10.0 Å². The summed E-state index contributed by atoms with van der Waals surface area (Å²) in [6.07, 6.45) is 0. The normalized spacial score (nSPS) is 11.9. The first-order chi connectivity index (χ1) is 12.8. The number of rotatable bonds is 6. The van der Waals surface area contributed by atoms with Gasteiger partial charge in [0.2, 0.25) is 10.0 Å². The van der Waals surface area contributed by atoms with Gasteiger partial charge in [-0.1, -0.05) is 18.2 Å². The van der Waals surface area contributed by atoms with Gasteiger partial charge < -0.3 is 5.32 Å². The average molecular weight is 404 g/mol. The lowest BCUT2D eigenvalue weighted by atomic mass is 10.1. The molecular weight excluding hydrogens is 382 g/mol. The summed E-state index contributed by atoms with van der Waals surface area (Å²) in [5, 5.41) is 3.63. The Kier molecular flexibility index (Phi) is 5.59. The number of hydrogen-bond donors (Lipinski definition) is 2. The van der Waals surface area contributed by atoms with Gasteiger partial charge in [0.05, 0.1) is 21.7 Å². The molecule has 3 rings (SSSR count). The van der Waals surface area contributed by atoms with Crippen LogP contribution in [-0.4, -0.2) is 25.4 Å². The van der Waals surface area contributed by atoms with Crippen molar-refractivity contribution in [2.24, 2.45) is 0 Å². The number of nitrogens with one attached hydrogen (secondary N) is 2. The molecule has 0 aliphatic carbocycles. The lowest BCUT2D eigenvalue weighted by Crippen LogP contribution is -2.30. The Hall–Kier alpha value is -2.29. The lowest BCUT2D eigenvalue weighted by Gasteiger charge is -2.12. The number of aromatic nitrogens is 1. The van der Waals surface area contributed by atoms with E-state index in [-0.39, 0.29) is 16.8 Å². The van der Waals surface area contributed by atoms with Crippen LogP contribution in [-0.2, 0) is 16.6 Å². The fraction of sp³-hybridized carbons (Fsp3) is 0.263. The van der Waals surface area contributed by atoms with Gasteiger partial charge in [0.15, 0.2) is 0 Å². The SMILES string of the molecule is Cc1ccc(S(=O)(=O)NC(C)C)cc1C(=O)NCc1nc2ccccc2s1. The van der Waals surface area contributed by atoms with Crippen molar-refractivity contribution in [3.8, 4) is 0 Å². The molecular formula is C19H21N3O3S2. The van der Waals surface area contributed by atoms with Crippen LogP contribution in [0.1, 0.15) is 34.8 Å². The smallest absolute Gasteiger partial charge is 0.251 e. The minimum Gasteiger partial charge on any atom is -0.346 e. The van der Waals surface area contributed by atoms with E-state index < -0.39 is 10.0 Å². The minimum absolute atomic E-state index is 0.0759. The Morgan fingerprint density at radius 3 is 2.63 bits per heavy atom. The second-order valence-corrected chi connectivity index (χ2v) is 9.34. The Morgan fingerprint density at radius 1 is 1.19 bits per heavy atom. The highest BCUT2D eigenvalue weighted by molar-refractivity contribution is 7.89. The van der Waals surface area contributed by atoms with Crippen LogP contribution >= 0.6 is 11.3 Å². The molecule has 0 spiro atoms.